The van der Waals surface area contributed by atoms with Crippen LogP contribution in [0, 0.1) is 6.92 Å². The van der Waals surface area contributed by atoms with E-state index in [0.717, 1.165) is 4.57 Å². The first kappa shape index (κ1) is 34.2. The molecule has 14 heteroatoms. The summed E-state index contributed by atoms with van der Waals surface area (Å²) in [6, 6.07) is -0.691. The Kier molecular flexibility index (Phi) is 18.3. The molecule has 0 aliphatic carbocycles. The van der Waals surface area contributed by atoms with Gasteiger partial charge in [-0.2, -0.15) is 8.60 Å². The van der Waals surface area contributed by atoms with Crippen molar-refractivity contribution in [2.45, 2.75) is 73.3 Å². The summed E-state index contributed by atoms with van der Waals surface area (Å²) in [5.41, 5.74) is 7.68. The topological polar surface area (TPSA) is 177 Å². The molecule has 0 spiro atoms. The van der Waals surface area contributed by atoms with E-state index in [1.165, 1.54) is 52.4 Å². The van der Waals surface area contributed by atoms with E-state index in [0.29, 0.717) is 5.56 Å². The Morgan fingerprint density at radius 1 is 1.11 bits per heavy atom. The molecule has 1 saturated heterocycles. The van der Waals surface area contributed by atoms with Crippen LogP contribution in [-0.2, 0) is 9.26 Å². The third-order valence-corrected chi connectivity index (χ3v) is 6.56. The fourth-order valence-corrected chi connectivity index (χ4v) is 3.93. The lowest BCUT2D eigenvalue weighted by Crippen LogP contribution is -3.11. The maximum absolute atomic E-state index is 11.8. The van der Waals surface area contributed by atoms with Crippen LogP contribution in [0.25, 0.3) is 10.4 Å². The first-order chi connectivity index (χ1) is 17.1. The number of nitrogens with zero attached hydrogens (tertiary/aromatic N) is 4. The highest BCUT2D eigenvalue weighted by Crippen LogP contribution is 2.31. The second-order valence-corrected chi connectivity index (χ2v) is 8.96. The Balaban J connectivity index is 0.000000720. The van der Waals surface area contributed by atoms with Crippen molar-refractivity contribution in [3.63, 3.8) is 0 Å². The van der Waals surface area contributed by atoms with Crippen molar-refractivity contribution >= 4 is 8.60 Å². The van der Waals surface area contributed by atoms with Crippen molar-refractivity contribution in [2.75, 3.05) is 45.9 Å². The second-order valence-electron chi connectivity index (χ2n) is 8.26. The second kappa shape index (κ2) is 19.3. The van der Waals surface area contributed by atoms with Gasteiger partial charge >= 0.3 is 5.69 Å². The minimum absolute atomic E-state index is 0.152. The van der Waals surface area contributed by atoms with Gasteiger partial charge in [0.2, 0.25) is 0 Å². The van der Waals surface area contributed by atoms with Crippen LogP contribution in [0.2, 0.25) is 0 Å². The third kappa shape index (κ3) is 12.4. The highest BCUT2D eigenvalue weighted by molar-refractivity contribution is 7.36. The van der Waals surface area contributed by atoms with Crippen molar-refractivity contribution in [3.05, 3.63) is 43.0 Å². The van der Waals surface area contributed by atoms with Gasteiger partial charge in [-0.25, -0.2) is 4.79 Å². The van der Waals surface area contributed by atoms with Gasteiger partial charge in [-0.3, -0.25) is 14.3 Å². The Morgan fingerprint density at radius 2 is 1.61 bits per heavy atom. The summed E-state index contributed by atoms with van der Waals surface area (Å²) in [5, 5.41) is 3.52. The average molecular weight is 534 g/mol. The molecule has 0 saturated carbocycles. The molecule has 36 heavy (non-hydrogen) atoms. The molecule has 0 bridgehead atoms. The lowest BCUT2D eigenvalue weighted by molar-refractivity contribution is -0.894. The molecular weight excluding hydrogens is 489 g/mol. The smallest absolute Gasteiger partial charge is 0.330 e. The molecule has 0 radical (unpaired) electrons. The third-order valence-electron chi connectivity index (χ3n) is 6.20. The normalized spacial score (nSPS) is 18.9. The number of hydrogen-bond donors (Lipinski definition) is 3. The number of azide groups is 1. The number of H-pyrrole nitrogens is 1. The van der Waals surface area contributed by atoms with Gasteiger partial charge in [0.1, 0.15) is 6.23 Å². The van der Waals surface area contributed by atoms with Crippen LogP contribution < -0.4 is 30.8 Å². The predicted octanol–water partition coefficient (Wildman–Crippen LogP) is -1.36. The molecule has 13 nitrogen and oxygen atoms in total. The summed E-state index contributed by atoms with van der Waals surface area (Å²) in [5.74, 6) is 0. The molecule has 3 atom stereocenters. The average Bonchev–Trinajstić information content (AvgIpc) is 3.26. The van der Waals surface area contributed by atoms with E-state index in [9.17, 15) is 19.4 Å². The van der Waals surface area contributed by atoms with Gasteiger partial charge in [-0.15, -0.1) is 0 Å². The fraction of sp³-hybridized carbons (Fsp3) is 0.818. The van der Waals surface area contributed by atoms with Gasteiger partial charge in [0.05, 0.1) is 58.0 Å². The number of hydrogen-bond acceptors (Lipinski definition) is 7. The monoisotopic (exact) mass is 533 g/mol. The zero-order chi connectivity index (χ0) is 27.7. The molecule has 2 heterocycles. The highest BCUT2D eigenvalue weighted by Gasteiger charge is 2.36. The summed E-state index contributed by atoms with van der Waals surface area (Å²) in [4.78, 5) is 52.3. The number of aryl methyl sites for hydroxylation is 1. The Morgan fingerprint density at radius 3 is 2.00 bits per heavy atom. The molecular formula is C22H44N7O6P. The minimum atomic E-state index is -3.06. The largest absolute Gasteiger partial charge is 0.820 e. The van der Waals surface area contributed by atoms with Crippen molar-refractivity contribution in [2.24, 2.45) is 5.11 Å². The van der Waals surface area contributed by atoms with E-state index >= 15 is 0 Å². The number of aromatic amines is 1. The van der Waals surface area contributed by atoms with Crippen molar-refractivity contribution in [1.29, 1.82) is 0 Å². The Hall–Kier alpha value is -1.82. The summed E-state index contributed by atoms with van der Waals surface area (Å²) in [6.07, 6.45) is -0.125. The molecule has 0 unspecified atom stereocenters. The molecule has 1 fully saturated rings. The van der Waals surface area contributed by atoms with Gasteiger partial charge in [0.25, 0.3) is 5.56 Å². The fourth-order valence-electron chi connectivity index (χ4n) is 3.66. The van der Waals surface area contributed by atoms with Gasteiger partial charge in [-0.05, 0) is 54.0 Å². The Bertz CT molecular complexity index is 859. The number of ether oxygens (including phenoxy) is 1. The van der Waals surface area contributed by atoms with Gasteiger partial charge < -0.3 is 28.8 Å². The van der Waals surface area contributed by atoms with E-state index in [2.05, 4.69) is 61.1 Å². The molecule has 2 rings (SSSR count). The molecule has 1 aromatic rings. The lowest BCUT2D eigenvalue weighted by atomic mass is 10.1. The minimum Gasteiger partial charge on any atom is -0.820 e. The van der Waals surface area contributed by atoms with Crippen molar-refractivity contribution in [3.8, 4) is 0 Å². The number of nitrogens with one attached hydrogen (secondary N) is 3. The van der Waals surface area contributed by atoms with E-state index in [1.54, 1.807) is 9.80 Å². The molecule has 0 aromatic carbocycles. The molecule has 1 aliphatic heterocycles. The van der Waals surface area contributed by atoms with Crippen LogP contribution in [0.5, 0.6) is 0 Å². The number of rotatable bonds is 11. The SMILES string of the molecule is CC[NH+](CC)CC.CC[NH+](CC)CC.Cc1cn([C@H]2C[C@H](N=[N+]=[N-])[C@@H](COP([O-])[O-])O2)c(=O)[nH]c1=O. The number of quaternary nitrogens is 2. The molecule has 208 valence electrons. The number of aromatic nitrogens is 2. The first-order valence-corrected chi connectivity index (χ1v) is 13.7. The van der Waals surface area contributed by atoms with Crippen LogP contribution in [0.15, 0.2) is 20.9 Å². The van der Waals surface area contributed by atoms with E-state index < -0.39 is 38.2 Å². The standard InChI is InChI=1S/C10H12N5O6P.2C6H15N/c1-5-3-15(10(17)12-9(5)16)8-2-6(13-14-11)7(21-8)4-20-22(18)19;2*1-4-7(5-2)6-3/h3,6-8H,2,4H2,1H3,(H,12,16,17);2*4-6H2,1-3H3/q-2;;/p+2/t6-,7+,8+;;/m0../s1. The van der Waals surface area contributed by atoms with E-state index in [4.69, 9.17) is 10.3 Å². The summed E-state index contributed by atoms with van der Waals surface area (Å²) in [7, 11) is -3.06. The van der Waals surface area contributed by atoms with E-state index in [-0.39, 0.29) is 13.0 Å². The van der Waals surface area contributed by atoms with Crippen LogP contribution in [0.3, 0.4) is 0 Å². The molecule has 3 N–H and O–H groups in total. The lowest BCUT2D eigenvalue weighted by Gasteiger charge is -2.31. The molecule has 1 aromatic heterocycles. The zero-order valence-corrected chi connectivity index (χ0v) is 23.5. The van der Waals surface area contributed by atoms with Crippen LogP contribution in [-0.4, -0.2) is 67.6 Å². The van der Waals surface area contributed by atoms with Crippen molar-refractivity contribution in [1.82, 2.24) is 9.55 Å². The maximum atomic E-state index is 11.8. The quantitative estimate of drug-likeness (QED) is 0.137. The van der Waals surface area contributed by atoms with Crippen LogP contribution in [0.4, 0.5) is 0 Å². The summed E-state index contributed by atoms with van der Waals surface area (Å²) in [6.45, 7) is 22.2. The van der Waals surface area contributed by atoms with Crippen LogP contribution >= 0.6 is 8.60 Å². The molecule has 0 amide bonds. The van der Waals surface area contributed by atoms with Gasteiger partial charge in [-0.1, -0.05) is 5.11 Å². The van der Waals surface area contributed by atoms with Gasteiger partial charge in [0, 0.05) is 23.1 Å². The molecule has 1 aliphatic rings. The maximum Gasteiger partial charge on any atom is 0.330 e. The predicted molar refractivity (Wildman–Crippen MR) is 136 cm³/mol. The highest BCUT2D eigenvalue weighted by atomic mass is 31.2. The van der Waals surface area contributed by atoms with Gasteiger partial charge in [0.15, 0.2) is 0 Å². The zero-order valence-electron chi connectivity index (χ0n) is 22.7. The van der Waals surface area contributed by atoms with Crippen LogP contribution in [0.1, 0.15) is 59.8 Å². The summed E-state index contributed by atoms with van der Waals surface area (Å²) >= 11 is 0. The Labute approximate surface area is 214 Å². The summed E-state index contributed by atoms with van der Waals surface area (Å²) < 4.78 is 11.1. The van der Waals surface area contributed by atoms with E-state index in [1.807, 2.05) is 0 Å². The first-order valence-electron chi connectivity index (χ1n) is 12.6. The van der Waals surface area contributed by atoms with Crippen molar-refractivity contribution < 1.29 is 28.8 Å².